The highest BCUT2D eigenvalue weighted by molar-refractivity contribution is 5.95. The van der Waals surface area contributed by atoms with Gasteiger partial charge in [0.05, 0.1) is 36.5 Å². The Morgan fingerprint density at radius 3 is 2.71 bits per heavy atom. The number of imidazole rings is 1. The Kier molecular flexibility index (Phi) is 8.35. The Morgan fingerprint density at radius 1 is 1.24 bits per heavy atom. The van der Waals surface area contributed by atoms with E-state index in [0.717, 1.165) is 25.7 Å². The summed E-state index contributed by atoms with van der Waals surface area (Å²) in [6, 6.07) is 2.33. The Balaban J connectivity index is 1.47. The fraction of sp³-hybridized carbons (Fsp3) is 0.600. The molecule has 1 saturated heterocycles. The van der Waals surface area contributed by atoms with Crippen LogP contribution in [0.4, 0.5) is 9.18 Å². The summed E-state index contributed by atoms with van der Waals surface area (Å²) < 4.78 is 32.4. The first-order valence-electron chi connectivity index (χ1n) is 14.5. The van der Waals surface area contributed by atoms with Gasteiger partial charge in [0.25, 0.3) is 5.91 Å². The molecule has 11 heteroatoms. The summed E-state index contributed by atoms with van der Waals surface area (Å²) in [6.45, 7) is 10.3. The van der Waals surface area contributed by atoms with Crippen LogP contribution < -0.4 is 5.32 Å². The maximum atomic E-state index is 16.2. The van der Waals surface area contributed by atoms with Crippen molar-refractivity contribution in [2.75, 3.05) is 19.8 Å². The van der Waals surface area contributed by atoms with E-state index >= 15 is 4.39 Å². The van der Waals surface area contributed by atoms with Crippen molar-refractivity contribution in [2.45, 2.75) is 84.4 Å². The molecule has 1 saturated carbocycles. The molecule has 1 aromatic carbocycles. The fourth-order valence-electron chi connectivity index (χ4n) is 5.83. The van der Waals surface area contributed by atoms with Crippen molar-refractivity contribution in [1.29, 1.82) is 0 Å². The average molecular weight is 570 g/mol. The zero-order valence-electron chi connectivity index (χ0n) is 24.5. The van der Waals surface area contributed by atoms with Gasteiger partial charge in [-0.2, -0.15) is 0 Å². The fourth-order valence-corrected chi connectivity index (χ4v) is 5.83. The number of aromatic nitrogens is 3. The van der Waals surface area contributed by atoms with E-state index in [1.807, 2.05) is 6.92 Å². The first-order valence-corrected chi connectivity index (χ1v) is 14.5. The van der Waals surface area contributed by atoms with Crippen LogP contribution >= 0.6 is 0 Å². The molecule has 2 atom stereocenters. The van der Waals surface area contributed by atoms with Gasteiger partial charge in [0, 0.05) is 12.1 Å². The van der Waals surface area contributed by atoms with Crippen LogP contribution in [0, 0.1) is 17.7 Å². The van der Waals surface area contributed by atoms with E-state index < -0.39 is 29.6 Å². The van der Waals surface area contributed by atoms with Gasteiger partial charge in [-0.1, -0.05) is 37.9 Å². The normalized spacial score (nSPS) is 22.5. The van der Waals surface area contributed by atoms with Crippen LogP contribution in [0.25, 0.3) is 11.0 Å². The standard InChI is InChI=1S/C30H40FN5O5/c1-6-21-20(15-40-35-21)28(37)34-25(18-9-7-17(2)8-10-18)27-32-22-12-11-19(24(31)26(22)33-27)23-16-39-14-13-36(23)29(38)41-30(3,4)5/h11-12,15,17-18,23,25H,6-10,13-14,16H2,1-5H3,(H,32,33)(H,34,37)/t17?,18?,23-,25+/m1/s1. The zero-order valence-corrected chi connectivity index (χ0v) is 24.5. The quantitative estimate of drug-likeness (QED) is 0.381. The van der Waals surface area contributed by atoms with E-state index in [1.165, 1.54) is 11.2 Å². The highest BCUT2D eigenvalue weighted by atomic mass is 19.1. The number of morpholine rings is 1. The molecule has 0 radical (unpaired) electrons. The molecule has 0 unspecified atom stereocenters. The second-order valence-corrected chi connectivity index (χ2v) is 12.3. The molecule has 2 N–H and O–H groups in total. The summed E-state index contributed by atoms with van der Waals surface area (Å²) >= 11 is 0. The lowest BCUT2D eigenvalue weighted by Crippen LogP contribution is -2.46. The van der Waals surface area contributed by atoms with Crippen LogP contribution in [0.5, 0.6) is 0 Å². The van der Waals surface area contributed by atoms with E-state index in [-0.39, 0.29) is 23.9 Å². The van der Waals surface area contributed by atoms with Crippen LogP contribution in [0.1, 0.15) is 99.8 Å². The molecule has 2 aromatic heterocycles. The molecule has 3 aromatic rings. The molecule has 2 aliphatic rings. The van der Waals surface area contributed by atoms with Crippen LogP contribution in [0.15, 0.2) is 22.9 Å². The minimum Gasteiger partial charge on any atom is -0.444 e. The molecule has 1 aliphatic heterocycles. The third-order valence-electron chi connectivity index (χ3n) is 8.09. The monoisotopic (exact) mass is 569 g/mol. The number of nitrogens with one attached hydrogen (secondary N) is 2. The van der Waals surface area contributed by atoms with Gasteiger partial charge >= 0.3 is 6.09 Å². The lowest BCUT2D eigenvalue weighted by atomic mass is 9.79. The van der Waals surface area contributed by atoms with E-state index in [9.17, 15) is 9.59 Å². The second kappa shape index (κ2) is 11.8. The van der Waals surface area contributed by atoms with Gasteiger partial charge in [-0.05, 0) is 57.9 Å². The number of hydrogen-bond acceptors (Lipinski definition) is 7. The molecule has 0 bridgehead atoms. The van der Waals surface area contributed by atoms with Gasteiger partial charge in [0.2, 0.25) is 0 Å². The molecular weight excluding hydrogens is 529 g/mol. The Bertz CT molecular complexity index is 1390. The molecule has 41 heavy (non-hydrogen) atoms. The summed E-state index contributed by atoms with van der Waals surface area (Å²) in [5.74, 6) is 0.443. The topological polar surface area (TPSA) is 123 Å². The summed E-state index contributed by atoms with van der Waals surface area (Å²) in [5.41, 5.74) is 1.29. The highest BCUT2D eigenvalue weighted by Gasteiger charge is 2.36. The number of amides is 2. The Labute approximate surface area is 239 Å². The Hall–Kier alpha value is -3.47. The van der Waals surface area contributed by atoms with Crippen LogP contribution in [0.2, 0.25) is 0 Å². The molecule has 10 nitrogen and oxygen atoms in total. The minimum absolute atomic E-state index is 0.137. The molecule has 2 fully saturated rings. The molecular formula is C30H40FN5O5. The lowest BCUT2D eigenvalue weighted by molar-refractivity contribution is -0.0337. The number of aromatic amines is 1. The average Bonchev–Trinajstić information content (AvgIpc) is 3.59. The predicted octanol–water partition coefficient (Wildman–Crippen LogP) is 5.86. The smallest absolute Gasteiger partial charge is 0.410 e. The first kappa shape index (κ1) is 29.0. The summed E-state index contributed by atoms with van der Waals surface area (Å²) in [6.07, 6.45) is 5.35. The zero-order chi connectivity index (χ0) is 29.3. The molecule has 5 rings (SSSR count). The van der Waals surface area contributed by atoms with Crippen molar-refractivity contribution >= 4 is 23.0 Å². The van der Waals surface area contributed by atoms with Gasteiger partial charge in [0.15, 0.2) is 5.82 Å². The highest BCUT2D eigenvalue weighted by Crippen LogP contribution is 2.38. The van der Waals surface area contributed by atoms with E-state index in [1.54, 1.807) is 32.9 Å². The van der Waals surface area contributed by atoms with Gasteiger partial charge in [-0.25, -0.2) is 14.2 Å². The second-order valence-electron chi connectivity index (χ2n) is 12.3. The Morgan fingerprint density at radius 2 is 2.00 bits per heavy atom. The molecule has 1 aliphatic carbocycles. The SMILES string of the molecule is CCc1nocc1C(=O)N[C@H](c1nc2c(F)c([C@H]3COCCN3C(=O)OC(C)(C)C)ccc2[nH]1)C1CCC(C)CC1. The summed E-state index contributed by atoms with van der Waals surface area (Å²) in [5, 5.41) is 7.09. The van der Waals surface area contributed by atoms with E-state index in [0.29, 0.717) is 53.7 Å². The summed E-state index contributed by atoms with van der Waals surface area (Å²) in [4.78, 5) is 35.8. The van der Waals surface area contributed by atoms with Crippen molar-refractivity contribution in [3.05, 3.63) is 46.9 Å². The number of carbonyl (C=O) groups excluding carboxylic acids is 2. The third-order valence-corrected chi connectivity index (χ3v) is 8.09. The molecule has 3 heterocycles. The van der Waals surface area contributed by atoms with Gasteiger partial charge in [0.1, 0.15) is 28.8 Å². The number of fused-ring (bicyclic) bond motifs is 1. The first-order chi connectivity index (χ1) is 19.6. The van der Waals surface area contributed by atoms with Crippen molar-refractivity contribution in [3.63, 3.8) is 0 Å². The third kappa shape index (κ3) is 6.24. The number of benzene rings is 1. The number of rotatable bonds is 6. The van der Waals surface area contributed by atoms with Gasteiger partial charge in [-0.15, -0.1) is 0 Å². The maximum Gasteiger partial charge on any atom is 0.410 e. The summed E-state index contributed by atoms with van der Waals surface area (Å²) in [7, 11) is 0. The lowest BCUT2D eigenvalue weighted by Gasteiger charge is -2.36. The van der Waals surface area contributed by atoms with Crippen LogP contribution in [-0.4, -0.2) is 57.4 Å². The molecule has 2 amide bonds. The van der Waals surface area contributed by atoms with E-state index in [4.69, 9.17) is 19.0 Å². The number of hydrogen-bond donors (Lipinski definition) is 2. The van der Waals surface area contributed by atoms with Crippen molar-refractivity contribution < 1.29 is 28.0 Å². The van der Waals surface area contributed by atoms with E-state index in [2.05, 4.69) is 22.4 Å². The number of nitrogens with zero attached hydrogens (tertiary/aromatic N) is 3. The number of halogens is 1. The predicted molar refractivity (Wildman–Crippen MR) is 150 cm³/mol. The van der Waals surface area contributed by atoms with Crippen LogP contribution in [0.3, 0.4) is 0 Å². The van der Waals surface area contributed by atoms with Crippen molar-refractivity contribution in [2.24, 2.45) is 11.8 Å². The van der Waals surface area contributed by atoms with Gasteiger partial charge in [-0.3, -0.25) is 9.69 Å². The number of aryl methyl sites for hydroxylation is 1. The minimum atomic E-state index is -0.680. The molecule has 0 spiro atoms. The van der Waals surface area contributed by atoms with Crippen molar-refractivity contribution in [3.8, 4) is 0 Å². The largest absolute Gasteiger partial charge is 0.444 e. The number of ether oxygens (including phenoxy) is 2. The van der Waals surface area contributed by atoms with Gasteiger partial charge < -0.3 is 24.3 Å². The maximum absolute atomic E-state index is 16.2. The number of H-pyrrole nitrogens is 1. The van der Waals surface area contributed by atoms with Crippen LogP contribution in [-0.2, 0) is 15.9 Å². The molecule has 222 valence electrons. The number of carbonyl (C=O) groups is 2. The van der Waals surface area contributed by atoms with Crippen molar-refractivity contribution in [1.82, 2.24) is 25.3 Å².